The highest BCUT2D eigenvalue weighted by molar-refractivity contribution is 7.89. The Morgan fingerprint density at radius 2 is 2.00 bits per heavy atom. The van der Waals surface area contributed by atoms with Gasteiger partial charge in [-0.1, -0.05) is 6.42 Å². The van der Waals surface area contributed by atoms with Gasteiger partial charge in [-0.3, -0.25) is 4.79 Å². The number of rotatable bonds is 5. The third kappa shape index (κ3) is 3.36. The topological polar surface area (TPSA) is 89.7 Å². The number of piperidine rings is 1. The molecule has 1 fully saturated rings. The van der Waals surface area contributed by atoms with E-state index in [2.05, 4.69) is 0 Å². The van der Waals surface area contributed by atoms with Crippen LogP contribution >= 0.6 is 0 Å². The van der Waals surface area contributed by atoms with Gasteiger partial charge in [-0.15, -0.1) is 0 Å². The summed E-state index contributed by atoms with van der Waals surface area (Å²) in [4.78, 5) is 11.6. The van der Waals surface area contributed by atoms with Crippen molar-refractivity contribution in [1.82, 2.24) is 4.31 Å². The Hall–Kier alpha value is -1.60. The van der Waals surface area contributed by atoms with Crippen molar-refractivity contribution in [1.29, 1.82) is 0 Å². The Bertz CT molecular complexity index is 598. The summed E-state index contributed by atoms with van der Waals surface area (Å²) in [5, 5.41) is 0. The third-order valence-corrected chi connectivity index (χ3v) is 5.45. The molecule has 21 heavy (non-hydrogen) atoms. The largest absolute Gasteiger partial charge is 0.494 e. The van der Waals surface area contributed by atoms with Crippen molar-refractivity contribution in [2.24, 2.45) is 5.73 Å². The zero-order valence-electron chi connectivity index (χ0n) is 12.0. The van der Waals surface area contributed by atoms with Crippen molar-refractivity contribution < 1.29 is 17.9 Å². The fraction of sp³-hybridized carbons (Fsp3) is 0.500. The Morgan fingerprint density at radius 3 is 2.57 bits per heavy atom. The van der Waals surface area contributed by atoms with Gasteiger partial charge in [0.15, 0.2) is 0 Å². The lowest BCUT2D eigenvalue weighted by atomic mass is 10.0. The zero-order valence-corrected chi connectivity index (χ0v) is 12.8. The summed E-state index contributed by atoms with van der Waals surface area (Å²) in [5.74, 6) is 0.0192. The third-order valence-electron chi connectivity index (χ3n) is 3.52. The van der Waals surface area contributed by atoms with Crippen LogP contribution in [0.5, 0.6) is 5.75 Å². The lowest BCUT2D eigenvalue weighted by Gasteiger charge is -2.32. The van der Waals surface area contributed by atoms with Crippen molar-refractivity contribution in [3.05, 3.63) is 24.3 Å². The van der Waals surface area contributed by atoms with E-state index in [-0.39, 0.29) is 4.90 Å². The van der Waals surface area contributed by atoms with E-state index in [1.54, 1.807) is 12.1 Å². The first-order chi connectivity index (χ1) is 9.96. The molecule has 1 heterocycles. The SMILES string of the molecule is CCOc1ccc(S(=O)(=O)N2CCCC[C@H]2C(N)=O)cc1. The minimum Gasteiger partial charge on any atom is -0.494 e. The van der Waals surface area contributed by atoms with Crippen LogP contribution in [0.25, 0.3) is 0 Å². The quantitative estimate of drug-likeness (QED) is 0.882. The van der Waals surface area contributed by atoms with Crippen LogP contribution in [-0.2, 0) is 14.8 Å². The molecule has 6 nitrogen and oxygen atoms in total. The second kappa shape index (κ2) is 6.44. The van der Waals surface area contributed by atoms with Gasteiger partial charge in [-0.2, -0.15) is 4.31 Å². The molecule has 2 rings (SSSR count). The molecule has 0 spiro atoms. The molecule has 1 aromatic carbocycles. The van der Waals surface area contributed by atoms with Crippen LogP contribution in [0.4, 0.5) is 0 Å². The van der Waals surface area contributed by atoms with Crippen LogP contribution < -0.4 is 10.5 Å². The van der Waals surface area contributed by atoms with Gasteiger partial charge in [-0.05, 0) is 44.0 Å². The van der Waals surface area contributed by atoms with E-state index in [9.17, 15) is 13.2 Å². The normalized spacial score (nSPS) is 20.1. The number of carbonyl (C=O) groups is 1. The fourth-order valence-corrected chi connectivity index (χ4v) is 4.15. The number of nitrogens with zero attached hydrogens (tertiary/aromatic N) is 1. The minimum absolute atomic E-state index is 0.152. The van der Waals surface area contributed by atoms with E-state index in [4.69, 9.17) is 10.5 Å². The van der Waals surface area contributed by atoms with Crippen LogP contribution in [0.3, 0.4) is 0 Å². The predicted octanol–water partition coefficient (Wildman–Crippen LogP) is 1.11. The number of sulfonamides is 1. The first-order valence-corrected chi connectivity index (χ1v) is 8.45. The summed E-state index contributed by atoms with van der Waals surface area (Å²) >= 11 is 0. The average molecular weight is 312 g/mol. The Kier molecular flexibility index (Phi) is 4.84. The summed E-state index contributed by atoms with van der Waals surface area (Å²) in [5.41, 5.74) is 5.33. The highest BCUT2D eigenvalue weighted by atomic mass is 32.2. The van der Waals surface area contributed by atoms with Crippen molar-refractivity contribution in [2.75, 3.05) is 13.2 Å². The van der Waals surface area contributed by atoms with Gasteiger partial charge in [0.1, 0.15) is 11.8 Å². The van der Waals surface area contributed by atoms with Crippen molar-refractivity contribution >= 4 is 15.9 Å². The lowest BCUT2D eigenvalue weighted by molar-refractivity contribution is -0.122. The standard InChI is InChI=1S/C14H20N2O4S/c1-2-20-11-6-8-12(9-7-11)21(18,19)16-10-4-3-5-13(16)14(15)17/h6-9,13H,2-5,10H2,1H3,(H2,15,17)/t13-/m0/s1. The molecule has 2 N–H and O–H groups in total. The molecule has 1 amide bonds. The Morgan fingerprint density at radius 1 is 1.33 bits per heavy atom. The van der Waals surface area contributed by atoms with Crippen LogP contribution in [0.1, 0.15) is 26.2 Å². The van der Waals surface area contributed by atoms with Crippen molar-refractivity contribution in [3.63, 3.8) is 0 Å². The van der Waals surface area contributed by atoms with Crippen LogP contribution in [0.15, 0.2) is 29.2 Å². The van der Waals surface area contributed by atoms with Crippen molar-refractivity contribution in [2.45, 2.75) is 37.1 Å². The molecule has 7 heteroatoms. The molecular formula is C14H20N2O4S. The number of amides is 1. The Balaban J connectivity index is 2.29. The molecule has 0 radical (unpaired) electrons. The maximum absolute atomic E-state index is 12.6. The lowest BCUT2D eigenvalue weighted by Crippen LogP contribution is -2.50. The molecule has 0 bridgehead atoms. The molecule has 0 saturated carbocycles. The monoisotopic (exact) mass is 312 g/mol. The van der Waals surface area contributed by atoms with E-state index < -0.39 is 22.0 Å². The molecule has 1 aromatic rings. The van der Waals surface area contributed by atoms with Gasteiger partial charge in [0, 0.05) is 6.54 Å². The van der Waals surface area contributed by atoms with Gasteiger partial charge in [0.2, 0.25) is 15.9 Å². The first kappa shape index (κ1) is 15.8. The molecule has 1 aliphatic rings. The van der Waals surface area contributed by atoms with Gasteiger partial charge in [0.25, 0.3) is 0 Å². The summed E-state index contributed by atoms with van der Waals surface area (Å²) in [6.45, 7) is 2.70. The molecule has 1 atom stereocenters. The Labute approximate surface area is 124 Å². The van der Waals surface area contributed by atoms with E-state index in [1.807, 2.05) is 6.92 Å². The number of nitrogens with two attached hydrogens (primary N) is 1. The van der Waals surface area contributed by atoms with E-state index in [0.717, 1.165) is 12.8 Å². The zero-order chi connectivity index (χ0) is 15.5. The molecule has 1 saturated heterocycles. The van der Waals surface area contributed by atoms with E-state index >= 15 is 0 Å². The summed E-state index contributed by atoms with van der Waals surface area (Å²) in [6.07, 6.45) is 2.02. The maximum Gasteiger partial charge on any atom is 0.243 e. The number of benzene rings is 1. The maximum atomic E-state index is 12.6. The summed E-state index contributed by atoms with van der Waals surface area (Å²) < 4.78 is 31.8. The van der Waals surface area contributed by atoms with Gasteiger partial charge < -0.3 is 10.5 Å². The number of primary amides is 1. The van der Waals surface area contributed by atoms with Crippen LogP contribution in [0, 0.1) is 0 Å². The highest BCUT2D eigenvalue weighted by Crippen LogP contribution is 2.26. The van der Waals surface area contributed by atoms with E-state index in [0.29, 0.717) is 25.3 Å². The fourth-order valence-electron chi connectivity index (χ4n) is 2.49. The number of hydrogen-bond donors (Lipinski definition) is 1. The number of carbonyl (C=O) groups excluding carboxylic acids is 1. The predicted molar refractivity (Wildman–Crippen MR) is 78.3 cm³/mol. The van der Waals surface area contributed by atoms with Gasteiger partial charge in [0.05, 0.1) is 11.5 Å². The highest BCUT2D eigenvalue weighted by Gasteiger charge is 2.36. The van der Waals surface area contributed by atoms with Gasteiger partial charge in [-0.25, -0.2) is 8.42 Å². The summed E-state index contributed by atoms with van der Waals surface area (Å²) in [6, 6.07) is 5.45. The van der Waals surface area contributed by atoms with E-state index in [1.165, 1.54) is 16.4 Å². The first-order valence-electron chi connectivity index (χ1n) is 7.01. The van der Waals surface area contributed by atoms with Crippen LogP contribution in [0.2, 0.25) is 0 Å². The van der Waals surface area contributed by atoms with Crippen LogP contribution in [-0.4, -0.2) is 37.8 Å². The summed E-state index contributed by atoms with van der Waals surface area (Å²) in [7, 11) is -3.71. The second-order valence-corrected chi connectivity index (χ2v) is 6.82. The number of ether oxygens (including phenoxy) is 1. The average Bonchev–Trinajstić information content (AvgIpc) is 2.48. The molecule has 0 unspecified atom stereocenters. The van der Waals surface area contributed by atoms with Gasteiger partial charge >= 0.3 is 0 Å². The minimum atomic E-state index is -3.71. The molecule has 0 aromatic heterocycles. The number of hydrogen-bond acceptors (Lipinski definition) is 4. The molecule has 1 aliphatic heterocycles. The molecule has 116 valence electrons. The smallest absolute Gasteiger partial charge is 0.243 e. The second-order valence-electron chi connectivity index (χ2n) is 4.93. The van der Waals surface area contributed by atoms with Crippen molar-refractivity contribution in [3.8, 4) is 5.75 Å². The molecule has 0 aliphatic carbocycles. The molecular weight excluding hydrogens is 292 g/mol.